The van der Waals surface area contributed by atoms with Gasteiger partial charge in [0.15, 0.2) is 5.78 Å². The summed E-state index contributed by atoms with van der Waals surface area (Å²) in [5.41, 5.74) is 4.61. The predicted octanol–water partition coefficient (Wildman–Crippen LogP) is -1.08. The smallest absolute Gasteiger partial charge is 0.177 e. The van der Waals surface area contributed by atoms with E-state index in [1.165, 1.54) is 0 Å². The molecule has 4 N–H and O–H groups in total. The van der Waals surface area contributed by atoms with E-state index in [0.29, 0.717) is 46.1 Å². The van der Waals surface area contributed by atoms with Crippen LogP contribution in [0.4, 0.5) is 0 Å². The van der Waals surface area contributed by atoms with Crippen LogP contribution in [0.5, 0.6) is 0 Å². The average Bonchev–Trinajstić information content (AvgIpc) is 2.42. The summed E-state index contributed by atoms with van der Waals surface area (Å²) >= 11 is 0. The first-order valence-electron chi connectivity index (χ1n) is 6.87. The molecule has 0 atom stereocenters. The van der Waals surface area contributed by atoms with Crippen LogP contribution in [-0.2, 0) is 19.0 Å². The third kappa shape index (κ3) is 10.2. The lowest BCUT2D eigenvalue weighted by Crippen LogP contribution is -2.49. The molecule has 0 aliphatic carbocycles. The highest BCUT2D eigenvalue weighted by Crippen LogP contribution is 2.04. The topological polar surface area (TPSA) is 103 Å². The molecule has 7 nitrogen and oxygen atoms in total. The number of Topliss-reactive ketones (excluding diaryl/α,β-unsaturated/α-hetero) is 1. The number of aliphatic hydroxyl groups is 1. The van der Waals surface area contributed by atoms with Gasteiger partial charge in [0.1, 0.15) is 6.61 Å². The minimum Gasteiger partial charge on any atom is -0.394 e. The molecule has 0 bridgehead atoms. The van der Waals surface area contributed by atoms with Crippen LogP contribution in [0.2, 0.25) is 0 Å². The van der Waals surface area contributed by atoms with E-state index < -0.39 is 5.54 Å². The highest BCUT2D eigenvalue weighted by molar-refractivity contribution is 5.88. The second kappa shape index (κ2) is 12.2. The number of aliphatic hydroxyl groups excluding tert-OH is 1. The van der Waals surface area contributed by atoms with Crippen molar-refractivity contribution in [2.45, 2.75) is 19.4 Å². The number of rotatable bonds is 14. The zero-order chi connectivity index (χ0) is 15.3. The maximum Gasteiger partial charge on any atom is 0.177 e. The molecule has 7 heteroatoms. The van der Waals surface area contributed by atoms with Gasteiger partial charge in [-0.25, -0.2) is 0 Å². The molecule has 0 spiro atoms. The van der Waals surface area contributed by atoms with Crippen molar-refractivity contribution >= 4 is 5.78 Å². The predicted molar refractivity (Wildman–Crippen MR) is 75.7 cm³/mol. The zero-order valence-electron chi connectivity index (χ0n) is 12.5. The van der Waals surface area contributed by atoms with Crippen LogP contribution >= 0.6 is 0 Å². The number of nitrogens with two attached hydrogens (primary N) is 1. The van der Waals surface area contributed by atoms with Gasteiger partial charge in [-0.05, 0) is 13.8 Å². The minimum absolute atomic E-state index is 0.00237. The number of carbonyl (C=O) groups is 1. The van der Waals surface area contributed by atoms with Gasteiger partial charge in [0.05, 0.1) is 45.2 Å². The Bertz CT molecular complexity index is 249. The summed E-state index contributed by atoms with van der Waals surface area (Å²) in [6, 6.07) is 0. The van der Waals surface area contributed by atoms with Gasteiger partial charge >= 0.3 is 0 Å². The normalized spacial score (nSPS) is 11.8. The van der Waals surface area contributed by atoms with Crippen LogP contribution in [0, 0.1) is 0 Å². The Morgan fingerprint density at radius 1 is 1.10 bits per heavy atom. The van der Waals surface area contributed by atoms with Crippen molar-refractivity contribution in [1.29, 1.82) is 0 Å². The van der Waals surface area contributed by atoms with Crippen LogP contribution < -0.4 is 11.1 Å². The van der Waals surface area contributed by atoms with Crippen molar-refractivity contribution in [3.05, 3.63) is 0 Å². The van der Waals surface area contributed by atoms with Gasteiger partial charge in [-0.2, -0.15) is 0 Å². The molecular weight excluding hydrogens is 264 g/mol. The molecule has 20 heavy (non-hydrogen) atoms. The molecular formula is C13H28N2O5. The molecule has 0 saturated carbocycles. The van der Waals surface area contributed by atoms with Crippen molar-refractivity contribution in [1.82, 2.24) is 5.32 Å². The maximum atomic E-state index is 11.9. The SMILES string of the molecule is CC(C)(NCCOCCO)C(=O)COCCOCCN. The van der Waals surface area contributed by atoms with Gasteiger partial charge in [0.2, 0.25) is 0 Å². The third-order valence-electron chi connectivity index (χ3n) is 2.61. The summed E-state index contributed by atoms with van der Waals surface area (Å²) in [5, 5.41) is 11.6. The highest BCUT2D eigenvalue weighted by Gasteiger charge is 2.26. The molecule has 0 saturated heterocycles. The van der Waals surface area contributed by atoms with Gasteiger partial charge < -0.3 is 30.4 Å². The van der Waals surface area contributed by atoms with E-state index in [0.717, 1.165) is 0 Å². The molecule has 0 unspecified atom stereocenters. The zero-order valence-corrected chi connectivity index (χ0v) is 12.5. The number of ketones is 1. The van der Waals surface area contributed by atoms with E-state index in [1.807, 2.05) is 0 Å². The summed E-state index contributed by atoms with van der Waals surface area (Å²) in [6.45, 7) is 6.74. The molecule has 0 aliphatic heterocycles. The Labute approximate surface area is 120 Å². The first-order chi connectivity index (χ1) is 9.54. The van der Waals surface area contributed by atoms with Crippen molar-refractivity contribution in [3.8, 4) is 0 Å². The molecule has 0 fully saturated rings. The number of nitrogens with one attached hydrogen (secondary N) is 1. The summed E-state index contributed by atoms with van der Waals surface area (Å²) in [4.78, 5) is 11.9. The lowest BCUT2D eigenvalue weighted by Gasteiger charge is -2.24. The molecule has 0 radical (unpaired) electrons. The van der Waals surface area contributed by atoms with Gasteiger partial charge in [0.25, 0.3) is 0 Å². The molecule has 0 heterocycles. The fraction of sp³-hybridized carbons (Fsp3) is 0.923. The second-order valence-corrected chi connectivity index (χ2v) is 4.76. The Morgan fingerprint density at radius 3 is 2.40 bits per heavy atom. The quantitative estimate of drug-likeness (QED) is 0.350. The maximum absolute atomic E-state index is 11.9. The number of ether oxygens (including phenoxy) is 3. The Kier molecular flexibility index (Phi) is 11.8. The fourth-order valence-corrected chi connectivity index (χ4v) is 1.35. The van der Waals surface area contributed by atoms with E-state index in [1.54, 1.807) is 13.8 Å². The van der Waals surface area contributed by atoms with E-state index >= 15 is 0 Å². The first-order valence-corrected chi connectivity index (χ1v) is 6.87. The van der Waals surface area contributed by atoms with Crippen LogP contribution in [0.1, 0.15) is 13.8 Å². The summed E-state index contributed by atoms with van der Waals surface area (Å²) < 4.78 is 15.5. The van der Waals surface area contributed by atoms with Gasteiger partial charge in [-0.15, -0.1) is 0 Å². The molecule has 120 valence electrons. The van der Waals surface area contributed by atoms with Gasteiger partial charge in [-0.3, -0.25) is 4.79 Å². The first kappa shape index (κ1) is 19.4. The van der Waals surface area contributed by atoms with Crippen molar-refractivity contribution in [3.63, 3.8) is 0 Å². The highest BCUT2D eigenvalue weighted by atomic mass is 16.5. The van der Waals surface area contributed by atoms with Crippen LogP contribution in [-0.4, -0.2) is 75.8 Å². The van der Waals surface area contributed by atoms with Crippen LogP contribution in [0.25, 0.3) is 0 Å². The minimum atomic E-state index is -0.666. The van der Waals surface area contributed by atoms with Gasteiger partial charge in [-0.1, -0.05) is 0 Å². The standard InChI is InChI=1S/C13H28N2O5/c1-13(2,15-4-7-19-8-5-16)12(17)11-20-10-9-18-6-3-14/h15-16H,3-11,14H2,1-2H3. The summed E-state index contributed by atoms with van der Waals surface area (Å²) in [7, 11) is 0. The van der Waals surface area contributed by atoms with Gasteiger partial charge in [0, 0.05) is 13.1 Å². The Hall–Kier alpha value is -0.570. The molecule has 0 aromatic heterocycles. The molecule has 0 rings (SSSR count). The Morgan fingerprint density at radius 2 is 1.75 bits per heavy atom. The molecule has 0 amide bonds. The average molecular weight is 292 g/mol. The summed E-state index contributed by atoms with van der Waals surface area (Å²) in [5.74, 6) is -0.0292. The van der Waals surface area contributed by atoms with Crippen LogP contribution in [0.3, 0.4) is 0 Å². The molecule has 0 aromatic rings. The van der Waals surface area contributed by atoms with E-state index in [9.17, 15) is 4.79 Å². The van der Waals surface area contributed by atoms with E-state index in [-0.39, 0.29) is 19.0 Å². The van der Waals surface area contributed by atoms with Crippen molar-refractivity contribution < 1.29 is 24.1 Å². The lowest BCUT2D eigenvalue weighted by molar-refractivity contribution is -0.129. The number of hydrogen-bond acceptors (Lipinski definition) is 7. The van der Waals surface area contributed by atoms with Crippen molar-refractivity contribution in [2.24, 2.45) is 5.73 Å². The van der Waals surface area contributed by atoms with Crippen molar-refractivity contribution in [2.75, 3.05) is 59.3 Å². The number of hydrogen-bond donors (Lipinski definition) is 3. The van der Waals surface area contributed by atoms with Crippen LogP contribution in [0.15, 0.2) is 0 Å². The summed E-state index contributed by atoms with van der Waals surface area (Å²) in [6.07, 6.45) is 0. The molecule has 0 aliphatic rings. The molecule has 0 aromatic carbocycles. The van der Waals surface area contributed by atoms with E-state index in [4.69, 9.17) is 25.1 Å². The largest absolute Gasteiger partial charge is 0.394 e. The second-order valence-electron chi connectivity index (χ2n) is 4.76. The monoisotopic (exact) mass is 292 g/mol. The Balaban J connectivity index is 3.65. The lowest BCUT2D eigenvalue weighted by atomic mass is 10.00. The number of carbonyl (C=O) groups excluding carboxylic acids is 1. The third-order valence-corrected chi connectivity index (χ3v) is 2.61. The van der Waals surface area contributed by atoms with E-state index in [2.05, 4.69) is 5.32 Å². The fourth-order valence-electron chi connectivity index (χ4n) is 1.35.